The molecule has 29 heavy (non-hydrogen) atoms. The number of nitrogens with zero attached hydrogens (tertiary/aromatic N) is 4. The van der Waals surface area contributed by atoms with Crippen LogP contribution in [0.5, 0.6) is 0 Å². The zero-order valence-electron chi connectivity index (χ0n) is 15.0. The fourth-order valence-corrected chi connectivity index (χ4v) is 3.44. The van der Waals surface area contributed by atoms with Crippen LogP contribution in [0.1, 0.15) is 11.3 Å². The van der Waals surface area contributed by atoms with Crippen molar-refractivity contribution in [1.29, 1.82) is 0 Å². The van der Waals surface area contributed by atoms with Gasteiger partial charge in [-0.2, -0.15) is 9.61 Å². The Morgan fingerprint density at radius 3 is 2.62 bits per heavy atom. The van der Waals surface area contributed by atoms with Crippen molar-refractivity contribution in [2.24, 2.45) is 0 Å². The van der Waals surface area contributed by atoms with Crippen LogP contribution >= 0.6 is 23.4 Å². The number of hydrogen-bond donors (Lipinski definition) is 2. The normalized spacial score (nSPS) is 10.9. The Morgan fingerprint density at radius 2 is 1.86 bits per heavy atom. The Bertz CT molecular complexity index is 1210. The van der Waals surface area contributed by atoms with Crippen molar-refractivity contribution in [1.82, 2.24) is 24.8 Å². The maximum Gasteiger partial charge on any atom is 0.274 e. The van der Waals surface area contributed by atoms with Crippen molar-refractivity contribution in [3.05, 3.63) is 81.2 Å². The number of aromatic amines is 1. The van der Waals surface area contributed by atoms with Crippen LogP contribution in [0.3, 0.4) is 0 Å². The molecule has 8 nitrogen and oxygen atoms in total. The van der Waals surface area contributed by atoms with Gasteiger partial charge in [-0.25, -0.2) is 0 Å². The minimum Gasteiger partial charge on any atom is -0.325 e. The van der Waals surface area contributed by atoms with E-state index in [1.165, 1.54) is 16.3 Å². The Kier molecular flexibility index (Phi) is 5.59. The Hall–Kier alpha value is -3.17. The Balaban J connectivity index is 1.48. The summed E-state index contributed by atoms with van der Waals surface area (Å²) >= 11 is 7.02. The molecular weight excluding hydrogens is 412 g/mol. The lowest BCUT2D eigenvalue weighted by Gasteiger charge is -2.05. The van der Waals surface area contributed by atoms with Gasteiger partial charge in [-0.3, -0.25) is 14.6 Å². The van der Waals surface area contributed by atoms with Gasteiger partial charge in [0.2, 0.25) is 11.1 Å². The molecule has 1 amide bonds. The van der Waals surface area contributed by atoms with Crippen LogP contribution in [0.25, 0.3) is 5.78 Å². The second-order valence-corrected chi connectivity index (χ2v) is 7.50. The number of anilines is 1. The molecule has 0 aliphatic heterocycles. The summed E-state index contributed by atoms with van der Waals surface area (Å²) in [6, 6.07) is 16.4. The molecule has 2 heterocycles. The Morgan fingerprint density at radius 1 is 1.10 bits per heavy atom. The molecule has 0 atom stereocenters. The summed E-state index contributed by atoms with van der Waals surface area (Å²) < 4.78 is 1.44. The number of amides is 1. The number of thioether (sulfide) groups is 1. The lowest BCUT2D eigenvalue weighted by atomic mass is 10.1. The van der Waals surface area contributed by atoms with Crippen LogP contribution in [0.15, 0.2) is 64.5 Å². The second-order valence-electron chi connectivity index (χ2n) is 6.12. The molecule has 0 saturated carbocycles. The lowest BCUT2D eigenvalue weighted by molar-refractivity contribution is -0.113. The average molecular weight is 427 g/mol. The van der Waals surface area contributed by atoms with E-state index in [9.17, 15) is 9.59 Å². The minimum atomic E-state index is -0.314. The maximum atomic E-state index is 12.3. The molecule has 0 saturated heterocycles. The maximum absolute atomic E-state index is 12.3. The number of H-pyrrole nitrogens is 1. The summed E-state index contributed by atoms with van der Waals surface area (Å²) in [6.45, 7) is 0. The molecule has 0 fully saturated rings. The molecule has 10 heteroatoms. The van der Waals surface area contributed by atoms with Crippen molar-refractivity contribution >= 4 is 40.7 Å². The number of carbonyl (C=O) groups is 1. The van der Waals surface area contributed by atoms with E-state index in [4.69, 9.17) is 11.6 Å². The van der Waals surface area contributed by atoms with Crippen LogP contribution in [0, 0.1) is 0 Å². The minimum absolute atomic E-state index is 0.109. The summed E-state index contributed by atoms with van der Waals surface area (Å²) in [5, 5.41) is 16.1. The zero-order chi connectivity index (χ0) is 20.2. The van der Waals surface area contributed by atoms with Gasteiger partial charge < -0.3 is 5.32 Å². The topological polar surface area (TPSA) is 105 Å². The van der Waals surface area contributed by atoms with Crippen molar-refractivity contribution in [2.45, 2.75) is 11.6 Å². The van der Waals surface area contributed by atoms with Gasteiger partial charge in [0.1, 0.15) is 5.69 Å². The monoisotopic (exact) mass is 426 g/mol. The van der Waals surface area contributed by atoms with Crippen LogP contribution in [0.4, 0.5) is 5.69 Å². The first kappa shape index (κ1) is 19.2. The van der Waals surface area contributed by atoms with Gasteiger partial charge in [0.05, 0.1) is 5.75 Å². The quantitative estimate of drug-likeness (QED) is 0.459. The molecule has 0 aliphatic carbocycles. The standard InChI is InChI=1S/C19H15ClN6O2S/c20-13-6-8-14(9-7-13)21-16(27)11-29-19-24-23-18-22-17(28)15(25-26(18)19)10-12-4-2-1-3-5-12/h1-9H,10-11H2,(H,21,27)(H,22,23,28). The van der Waals surface area contributed by atoms with E-state index in [1.807, 2.05) is 30.3 Å². The first-order valence-corrected chi connectivity index (χ1v) is 10.0. The second kappa shape index (κ2) is 8.46. The highest BCUT2D eigenvalue weighted by atomic mass is 35.5. The van der Waals surface area contributed by atoms with E-state index in [-0.39, 0.29) is 23.0 Å². The van der Waals surface area contributed by atoms with Gasteiger partial charge in [0.25, 0.3) is 11.3 Å². The average Bonchev–Trinajstić information content (AvgIpc) is 3.11. The lowest BCUT2D eigenvalue weighted by Crippen LogP contribution is -2.19. The highest BCUT2D eigenvalue weighted by Gasteiger charge is 2.14. The number of benzene rings is 2. The summed E-state index contributed by atoms with van der Waals surface area (Å²) in [5.74, 6) is 0.133. The Labute approximate surface area is 174 Å². The third-order valence-corrected chi connectivity index (χ3v) is 5.17. The predicted octanol–water partition coefficient (Wildman–Crippen LogP) is 2.79. The fourth-order valence-electron chi connectivity index (χ4n) is 2.63. The summed E-state index contributed by atoms with van der Waals surface area (Å²) in [5.41, 5.74) is 1.65. The number of nitrogens with one attached hydrogen (secondary N) is 2. The van der Waals surface area contributed by atoms with Gasteiger partial charge >= 0.3 is 0 Å². The molecule has 2 aromatic carbocycles. The SMILES string of the molecule is O=C(CSc1nnc2[nH]c(=O)c(Cc3ccccc3)nn12)Nc1ccc(Cl)cc1. The molecule has 0 radical (unpaired) electrons. The fraction of sp³-hybridized carbons (Fsp3) is 0.105. The summed E-state index contributed by atoms with van der Waals surface area (Å²) in [4.78, 5) is 27.1. The molecule has 0 spiro atoms. The number of fused-ring (bicyclic) bond motifs is 1. The van der Waals surface area contributed by atoms with E-state index < -0.39 is 0 Å². The van der Waals surface area contributed by atoms with Crippen LogP contribution in [0.2, 0.25) is 5.02 Å². The highest BCUT2D eigenvalue weighted by Crippen LogP contribution is 2.17. The predicted molar refractivity (Wildman–Crippen MR) is 111 cm³/mol. The highest BCUT2D eigenvalue weighted by molar-refractivity contribution is 7.99. The number of hydrogen-bond acceptors (Lipinski definition) is 6. The van der Waals surface area contributed by atoms with Crippen LogP contribution < -0.4 is 10.9 Å². The third-order valence-electron chi connectivity index (χ3n) is 3.99. The number of halogens is 1. The molecule has 4 aromatic rings. The van der Waals surface area contributed by atoms with Crippen molar-refractivity contribution in [3.63, 3.8) is 0 Å². The summed E-state index contributed by atoms with van der Waals surface area (Å²) in [7, 11) is 0. The number of aromatic nitrogens is 5. The van der Waals surface area contributed by atoms with Gasteiger partial charge in [-0.15, -0.1) is 10.2 Å². The van der Waals surface area contributed by atoms with Crippen molar-refractivity contribution < 1.29 is 4.79 Å². The molecule has 2 aromatic heterocycles. The van der Waals surface area contributed by atoms with E-state index in [1.54, 1.807) is 24.3 Å². The van der Waals surface area contributed by atoms with Crippen LogP contribution in [-0.4, -0.2) is 36.5 Å². The smallest absolute Gasteiger partial charge is 0.274 e. The molecule has 2 N–H and O–H groups in total. The summed E-state index contributed by atoms with van der Waals surface area (Å²) in [6.07, 6.45) is 0.380. The molecule has 0 unspecified atom stereocenters. The van der Waals surface area contributed by atoms with E-state index >= 15 is 0 Å². The van der Waals surface area contributed by atoms with Gasteiger partial charge in [-0.05, 0) is 29.8 Å². The van der Waals surface area contributed by atoms with E-state index in [0.717, 1.165) is 5.56 Å². The van der Waals surface area contributed by atoms with Gasteiger partial charge in [0.15, 0.2) is 0 Å². The largest absolute Gasteiger partial charge is 0.325 e. The number of carbonyl (C=O) groups excluding carboxylic acids is 1. The van der Waals surface area contributed by atoms with Crippen molar-refractivity contribution in [3.8, 4) is 0 Å². The van der Waals surface area contributed by atoms with Gasteiger partial charge in [0, 0.05) is 17.1 Å². The van der Waals surface area contributed by atoms with Gasteiger partial charge in [-0.1, -0.05) is 53.7 Å². The first-order chi connectivity index (χ1) is 14.1. The third kappa shape index (κ3) is 4.64. The zero-order valence-corrected chi connectivity index (χ0v) is 16.6. The van der Waals surface area contributed by atoms with Crippen molar-refractivity contribution in [2.75, 3.05) is 11.1 Å². The molecule has 146 valence electrons. The van der Waals surface area contributed by atoms with E-state index in [2.05, 4.69) is 25.6 Å². The first-order valence-electron chi connectivity index (χ1n) is 8.65. The number of rotatable bonds is 6. The molecule has 0 aliphatic rings. The molecular formula is C19H15ClN6O2S. The molecule has 0 bridgehead atoms. The van der Waals surface area contributed by atoms with E-state index in [0.29, 0.717) is 28.0 Å². The van der Waals surface area contributed by atoms with Crippen LogP contribution in [-0.2, 0) is 11.2 Å². The molecule has 4 rings (SSSR count).